The molecule has 0 spiro atoms. The van der Waals surface area contributed by atoms with Gasteiger partial charge in [-0.05, 0) is 24.3 Å². The first-order chi connectivity index (χ1) is 7.54. The first kappa shape index (κ1) is 12.9. The van der Waals surface area contributed by atoms with Gasteiger partial charge in [0.2, 0.25) is 5.91 Å². The van der Waals surface area contributed by atoms with E-state index in [0.717, 1.165) is 4.90 Å². The Morgan fingerprint density at radius 3 is 2.44 bits per heavy atom. The van der Waals surface area contributed by atoms with Crippen LogP contribution < -0.4 is 11.3 Å². The molecule has 2 unspecified atom stereocenters. The number of amides is 1. The van der Waals surface area contributed by atoms with Crippen molar-refractivity contribution in [2.75, 3.05) is 0 Å². The fraction of sp³-hybridized carbons (Fsp3) is 0.364. The van der Waals surface area contributed by atoms with E-state index in [1.165, 1.54) is 0 Å². The van der Waals surface area contributed by atoms with Gasteiger partial charge >= 0.3 is 0 Å². The number of hydrogen-bond donors (Lipinski definition) is 3. The van der Waals surface area contributed by atoms with Crippen molar-refractivity contribution in [3.63, 3.8) is 0 Å². The minimum atomic E-state index is -0.168. The van der Waals surface area contributed by atoms with E-state index in [2.05, 4.69) is 5.43 Å². The highest BCUT2D eigenvalue weighted by Gasteiger charge is 2.20. The van der Waals surface area contributed by atoms with Crippen LogP contribution in [0.4, 0.5) is 0 Å². The third-order valence-electron chi connectivity index (χ3n) is 2.42. The highest BCUT2D eigenvalue weighted by atomic mass is 32.2. The number of nitrogens with one attached hydrogen (secondary N) is 1. The number of benzene rings is 1. The monoisotopic (exact) mass is 240 g/mol. The standard InChI is InChI=1S/C11H16N2O2S/c1-7(11(15)13-12)8(2)16-10-5-3-9(14)4-6-10/h3-8,14H,12H2,1-2H3,(H,13,15). The van der Waals surface area contributed by atoms with Gasteiger partial charge in [0.05, 0.1) is 0 Å². The third-order valence-corrected chi connectivity index (χ3v) is 3.74. The zero-order chi connectivity index (χ0) is 12.1. The molecule has 0 aliphatic carbocycles. The van der Waals surface area contributed by atoms with Crippen LogP contribution in [0.3, 0.4) is 0 Å². The molecule has 1 aromatic rings. The lowest BCUT2D eigenvalue weighted by Gasteiger charge is -2.17. The largest absolute Gasteiger partial charge is 0.508 e. The summed E-state index contributed by atoms with van der Waals surface area (Å²) in [5, 5.41) is 9.25. The predicted octanol–water partition coefficient (Wildman–Crippen LogP) is 1.50. The number of thioether (sulfide) groups is 1. The number of nitrogens with two attached hydrogens (primary N) is 1. The van der Waals surface area contributed by atoms with Gasteiger partial charge in [0, 0.05) is 16.1 Å². The fourth-order valence-electron chi connectivity index (χ4n) is 1.19. The van der Waals surface area contributed by atoms with Crippen LogP contribution in [0.15, 0.2) is 29.2 Å². The molecule has 1 rings (SSSR count). The molecule has 2 atom stereocenters. The van der Waals surface area contributed by atoms with Gasteiger partial charge in [-0.25, -0.2) is 5.84 Å². The number of rotatable bonds is 4. The van der Waals surface area contributed by atoms with E-state index in [9.17, 15) is 4.79 Å². The molecular weight excluding hydrogens is 224 g/mol. The molecule has 1 amide bonds. The summed E-state index contributed by atoms with van der Waals surface area (Å²) in [6.45, 7) is 3.80. The van der Waals surface area contributed by atoms with E-state index in [1.807, 2.05) is 26.0 Å². The van der Waals surface area contributed by atoms with E-state index >= 15 is 0 Å². The molecule has 0 aliphatic heterocycles. The number of phenolic OH excluding ortho intramolecular Hbond substituents is 1. The quantitative estimate of drug-likeness (QED) is 0.323. The van der Waals surface area contributed by atoms with E-state index in [4.69, 9.17) is 10.9 Å². The average Bonchev–Trinajstić information content (AvgIpc) is 2.30. The average molecular weight is 240 g/mol. The van der Waals surface area contributed by atoms with Gasteiger partial charge in [-0.1, -0.05) is 13.8 Å². The maximum absolute atomic E-state index is 11.3. The number of phenols is 1. The van der Waals surface area contributed by atoms with Crippen LogP contribution in [-0.4, -0.2) is 16.3 Å². The summed E-state index contributed by atoms with van der Waals surface area (Å²) in [5.74, 6) is 4.99. The second kappa shape index (κ2) is 5.77. The minimum absolute atomic E-state index is 0.119. The predicted molar refractivity (Wildman–Crippen MR) is 64.9 cm³/mol. The van der Waals surface area contributed by atoms with Gasteiger partial charge in [-0.15, -0.1) is 11.8 Å². The molecular formula is C11H16N2O2S. The molecule has 16 heavy (non-hydrogen) atoms. The fourth-order valence-corrected chi connectivity index (χ4v) is 2.24. The van der Waals surface area contributed by atoms with Crippen molar-refractivity contribution in [3.05, 3.63) is 24.3 Å². The lowest BCUT2D eigenvalue weighted by atomic mass is 10.1. The van der Waals surface area contributed by atoms with Gasteiger partial charge in [0.15, 0.2) is 0 Å². The van der Waals surface area contributed by atoms with Crippen LogP contribution in [0.1, 0.15) is 13.8 Å². The van der Waals surface area contributed by atoms with E-state index < -0.39 is 0 Å². The van der Waals surface area contributed by atoms with Crippen LogP contribution in [0.5, 0.6) is 5.75 Å². The summed E-state index contributed by atoms with van der Waals surface area (Å²) in [4.78, 5) is 12.3. The van der Waals surface area contributed by atoms with Crippen molar-refractivity contribution in [2.45, 2.75) is 24.0 Å². The first-order valence-electron chi connectivity index (χ1n) is 5.00. The summed E-state index contributed by atoms with van der Waals surface area (Å²) >= 11 is 1.58. The molecule has 0 heterocycles. The Balaban J connectivity index is 2.60. The van der Waals surface area contributed by atoms with Gasteiger partial charge in [-0.2, -0.15) is 0 Å². The zero-order valence-electron chi connectivity index (χ0n) is 9.31. The van der Waals surface area contributed by atoms with Gasteiger partial charge in [-0.3, -0.25) is 10.2 Å². The number of hydrogen-bond acceptors (Lipinski definition) is 4. The van der Waals surface area contributed by atoms with Gasteiger partial charge < -0.3 is 5.11 Å². The molecule has 5 heteroatoms. The number of hydrazine groups is 1. The maximum Gasteiger partial charge on any atom is 0.237 e. The lowest BCUT2D eigenvalue weighted by Crippen LogP contribution is -2.38. The molecule has 0 aromatic heterocycles. The van der Waals surface area contributed by atoms with Crippen LogP contribution in [0, 0.1) is 5.92 Å². The molecule has 88 valence electrons. The molecule has 0 saturated heterocycles. The van der Waals surface area contributed by atoms with Crippen molar-refractivity contribution in [2.24, 2.45) is 11.8 Å². The topological polar surface area (TPSA) is 75.3 Å². The minimum Gasteiger partial charge on any atom is -0.508 e. The Bertz CT molecular complexity index is 354. The summed E-state index contributed by atoms with van der Waals surface area (Å²) in [6.07, 6.45) is 0. The first-order valence-corrected chi connectivity index (χ1v) is 5.88. The van der Waals surface area contributed by atoms with Crippen molar-refractivity contribution in [1.82, 2.24) is 5.43 Å². The van der Waals surface area contributed by atoms with E-state index in [0.29, 0.717) is 0 Å². The molecule has 0 aliphatic rings. The molecule has 0 radical (unpaired) electrons. The van der Waals surface area contributed by atoms with Crippen molar-refractivity contribution < 1.29 is 9.90 Å². The third kappa shape index (κ3) is 3.43. The Morgan fingerprint density at radius 1 is 1.38 bits per heavy atom. The Morgan fingerprint density at radius 2 is 1.94 bits per heavy atom. The number of carbonyl (C=O) groups is 1. The number of aromatic hydroxyl groups is 1. The second-order valence-electron chi connectivity index (χ2n) is 3.61. The highest BCUT2D eigenvalue weighted by molar-refractivity contribution is 8.00. The van der Waals surface area contributed by atoms with Crippen molar-refractivity contribution in [3.8, 4) is 5.75 Å². The Kier molecular flexibility index (Phi) is 4.64. The smallest absolute Gasteiger partial charge is 0.237 e. The van der Waals surface area contributed by atoms with Crippen molar-refractivity contribution >= 4 is 17.7 Å². The molecule has 4 nitrogen and oxygen atoms in total. The van der Waals surface area contributed by atoms with Crippen molar-refractivity contribution in [1.29, 1.82) is 0 Å². The van der Waals surface area contributed by atoms with Crippen LogP contribution in [0.25, 0.3) is 0 Å². The normalized spacial score (nSPS) is 14.2. The molecule has 0 saturated carbocycles. The molecule has 0 fully saturated rings. The summed E-state index contributed by atoms with van der Waals surface area (Å²) in [7, 11) is 0. The van der Waals surface area contributed by atoms with E-state index in [1.54, 1.807) is 23.9 Å². The summed E-state index contributed by atoms with van der Waals surface area (Å²) in [6, 6.07) is 6.90. The second-order valence-corrected chi connectivity index (χ2v) is 5.06. The molecule has 0 bridgehead atoms. The molecule has 4 N–H and O–H groups in total. The Labute approximate surface area is 99.2 Å². The SMILES string of the molecule is CC(Sc1ccc(O)cc1)C(C)C(=O)NN. The van der Waals surface area contributed by atoms with E-state index in [-0.39, 0.29) is 22.8 Å². The van der Waals surface area contributed by atoms with Crippen LogP contribution in [0.2, 0.25) is 0 Å². The molecule has 1 aromatic carbocycles. The lowest BCUT2D eigenvalue weighted by molar-refractivity contribution is -0.124. The summed E-state index contributed by atoms with van der Waals surface area (Å²) in [5.41, 5.74) is 2.15. The summed E-state index contributed by atoms with van der Waals surface area (Å²) < 4.78 is 0. The number of carbonyl (C=O) groups excluding carboxylic acids is 1. The maximum atomic E-state index is 11.3. The zero-order valence-corrected chi connectivity index (χ0v) is 10.1. The van der Waals surface area contributed by atoms with Crippen LogP contribution in [-0.2, 0) is 4.79 Å². The van der Waals surface area contributed by atoms with Crippen LogP contribution >= 0.6 is 11.8 Å². The van der Waals surface area contributed by atoms with Gasteiger partial charge in [0.1, 0.15) is 5.75 Å². The highest BCUT2D eigenvalue weighted by Crippen LogP contribution is 2.28. The Hall–Kier alpha value is -1.20. The van der Waals surface area contributed by atoms with Gasteiger partial charge in [0.25, 0.3) is 0 Å².